The van der Waals surface area contributed by atoms with Crippen LogP contribution in [-0.4, -0.2) is 65.8 Å². The lowest BCUT2D eigenvalue weighted by molar-refractivity contribution is -0.128. The zero-order valence-electron chi connectivity index (χ0n) is 17.1. The van der Waals surface area contributed by atoms with Crippen LogP contribution in [0.15, 0.2) is 30.3 Å². The molecule has 1 N–H and O–H groups in total. The van der Waals surface area contributed by atoms with Gasteiger partial charge in [-0.05, 0) is 44.1 Å². The predicted octanol–water partition coefficient (Wildman–Crippen LogP) is 2.67. The van der Waals surface area contributed by atoms with Crippen LogP contribution in [0.2, 0.25) is 0 Å². The van der Waals surface area contributed by atoms with Crippen LogP contribution in [0.5, 0.6) is 0 Å². The molecule has 1 aromatic rings. The Bertz CT molecular complexity index is 739. The topological polar surface area (TPSA) is 88.2 Å². The lowest BCUT2D eigenvalue weighted by Gasteiger charge is -2.34. The molecule has 30 heavy (non-hydrogen) atoms. The van der Waals surface area contributed by atoms with Crippen molar-refractivity contribution in [3.05, 3.63) is 35.9 Å². The average Bonchev–Trinajstić information content (AvgIpc) is 3.09. The highest BCUT2D eigenvalue weighted by Gasteiger charge is 2.39. The highest BCUT2D eigenvalue weighted by molar-refractivity contribution is 5.98. The second kappa shape index (κ2) is 9.47. The van der Waals surface area contributed by atoms with Gasteiger partial charge >= 0.3 is 12.2 Å². The zero-order valence-corrected chi connectivity index (χ0v) is 17.1. The summed E-state index contributed by atoms with van der Waals surface area (Å²) in [6, 6.07) is 10.4. The van der Waals surface area contributed by atoms with Crippen molar-refractivity contribution in [3.8, 4) is 0 Å². The first kappa shape index (κ1) is 20.7. The van der Waals surface area contributed by atoms with Gasteiger partial charge in [0.1, 0.15) is 6.10 Å². The SMILES string of the molecule is O=C(NC1CCN(Cc2ccccc2)CC1)OC1CCC(N2C(=O)COC2=O)CC1. The van der Waals surface area contributed by atoms with Crippen molar-refractivity contribution in [2.75, 3.05) is 19.7 Å². The molecule has 8 heteroatoms. The molecule has 162 valence electrons. The van der Waals surface area contributed by atoms with E-state index in [2.05, 4.69) is 34.5 Å². The summed E-state index contributed by atoms with van der Waals surface area (Å²) < 4.78 is 10.4. The number of rotatable bonds is 5. The maximum atomic E-state index is 12.3. The molecule has 2 saturated heterocycles. The Balaban J connectivity index is 1.15. The van der Waals surface area contributed by atoms with Crippen LogP contribution in [0, 0.1) is 0 Å². The Hall–Kier alpha value is -2.61. The summed E-state index contributed by atoms with van der Waals surface area (Å²) in [6.45, 7) is 2.67. The van der Waals surface area contributed by atoms with Crippen LogP contribution in [-0.2, 0) is 20.8 Å². The summed E-state index contributed by atoms with van der Waals surface area (Å²) in [5.74, 6) is -0.277. The van der Waals surface area contributed by atoms with Crippen LogP contribution in [0.1, 0.15) is 44.1 Å². The second-order valence-corrected chi connectivity index (χ2v) is 8.33. The minimum absolute atomic E-state index is 0.137. The molecule has 3 amide bonds. The van der Waals surface area contributed by atoms with Gasteiger partial charge in [-0.25, -0.2) is 14.5 Å². The van der Waals surface area contributed by atoms with Crippen LogP contribution in [0.25, 0.3) is 0 Å². The fourth-order valence-corrected chi connectivity index (χ4v) is 4.57. The molecule has 1 saturated carbocycles. The molecule has 1 aliphatic carbocycles. The molecule has 2 aliphatic heterocycles. The molecular formula is C22H29N3O5. The molecule has 1 aromatic carbocycles. The van der Waals surface area contributed by atoms with Gasteiger partial charge in [0.2, 0.25) is 0 Å². The number of piperidine rings is 1. The largest absolute Gasteiger partial charge is 0.446 e. The van der Waals surface area contributed by atoms with Crippen molar-refractivity contribution in [1.29, 1.82) is 0 Å². The summed E-state index contributed by atoms with van der Waals surface area (Å²) in [5.41, 5.74) is 1.31. The normalized spacial score (nSPS) is 25.8. The number of imide groups is 1. The molecule has 0 radical (unpaired) electrons. The monoisotopic (exact) mass is 415 g/mol. The van der Waals surface area contributed by atoms with E-state index < -0.39 is 6.09 Å². The van der Waals surface area contributed by atoms with E-state index in [1.807, 2.05) is 6.07 Å². The van der Waals surface area contributed by atoms with Crippen LogP contribution in [0.3, 0.4) is 0 Å². The fraction of sp³-hybridized carbons (Fsp3) is 0.591. The van der Waals surface area contributed by atoms with Gasteiger partial charge < -0.3 is 14.8 Å². The molecule has 0 atom stereocenters. The van der Waals surface area contributed by atoms with Crippen molar-refractivity contribution < 1.29 is 23.9 Å². The van der Waals surface area contributed by atoms with Crippen LogP contribution in [0.4, 0.5) is 9.59 Å². The quantitative estimate of drug-likeness (QED) is 0.796. The molecule has 0 unspecified atom stereocenters. The Morgan fingerprint density at radius 3 is 2.37 bits per heavy atom. The van der Waals surface area contributed by atoms with Crippen molar-refractivity contribution in [1.82, 2.24) is 15.1 Å². The van der Waals surface area contributed by atoms with E-state index in [-0.39, 0.29) is 36.8 Å². The molecule has 4 rings (SSSR count). The molecule has 0 aromatic heterocycles. The van der Waals surface area contributed by atoms with Gasteiger partial charge in [-0.15, -0.1) is 0 Å². The Morgan fingerprint density at radius 2 is 1.73 bits per heavy atom. The highest BCUT2D eigenvalue weighted by Crippen LogP contribution is 2.27. The molecule has 3 fully saturated rings. The van der Waals surface area contributed by atoms with E-state index in [0.717, 1.165) is 32.5 Å². The molecule has 0 bridgehead atoms. The summed E-state index contributed by atoms with van der Waals surface area (Å²) in [5, 5.41) is 3.00. The number of hydrogen-bond donors (Lipinski definition) is 1. The fourth-order valence-electron chi connectivity index (χ4n) is 4.57. The first-order chi connectivity index (χ1) is 14.6. The molecule has 3 aliphatic rings. The lowest BCUT2D eigenvalue weighted by Crippen LogP contribution is -2.46. The predicted molar refractivity (Wildman–Crippen MR) is 109 cm³/mol. The average molecular weight is 415 g/mol. The van der Waals surface area contributed by atoms with Gasteiger partial charge in [0.05, 0.1) is 0 Å². The number of amides is 3. The number of ether oxygens (including phenoxy) is 2. The Kier molecular flexibility index (Phi) is 6.52. The van der Waals surface area contributed by atoms with Gasteiger partial charge in [0.25, 0.3) is 5.91 Å². The molecule has 2 heterocycles. The van der Waals surface area contributed by atoms with Crippen molar-refractivity contribution >= 4 is 18.1 Å². The van der Waals surface area contributed by atoms with E-state index in [1.54, 1.807) is 0 Å². The van der Waals surface area contributed by atoms with Crippen LogP contribution < -0.4 is 5.32 Å². The molecule has 0 spiro atoms. The third-order valence-electron chi connectivity index (χ3n) is 6.23. The zero-order chi connectivity index (χ0) is 20.9. The minimum atomic E-state index is -0.555. The minimum Gasteiger partial charge on any atom is -0.446 e. The molecule has 8 nitrogen and oxygen atoms in total. The van der Waals surface area contributed by atoms with Gasteiger partial charge in [-0.3, -0.25) is 9.69 Å². The summed E-state index contributed by atoms with van der Waals surface area (Å²) >= 11 is 0. The summed E-state index contributed by atoms with van der Waals surface area (Å²) in [7, 11) is 0. The first-order valence-corrected chi connectivity index (χ1v) is 10.8. The maximum Gasteiger partial charge on any atom is 0.417 e. The number of nitrogens with one attached hydrogen (secondary N) is 1. The summed E-state index contributed by atoms with van der Waals surface area (Å²) in [4.78, 5) is 39.4. The van der Waals surface area contributed by atoms with Crippen LogP contribution >= 0.6 is 0 Å². The third-order valence-corrected chi connectivity index (χ3v) is 6.23. The molecular weight excluding hydrogens is 386 g/mol. The van der Waals surface area contributed by atoms with Gasteiger partial charge in [-0.2, -0.15) is 0 Å². The van der Waals surface area contributed by atoms with E-state index in [1.165, 1.54) is 10.5 Å². The number of nitrogens with zero attached hydrogens (tertiary/aromatic N) is 2. The smallest absolute Gasteiger partial charge is 0.417 e. The third kappa shape index (κ3) is 5.11. The van der Waals surface area contributed by atoms with Crippen molar-refractivity contribution in [2.45, 2.75) is 63.3 Å². The van der Waals surface area contributed by atoms with E-state index in [4.69, 9.17) is 9.47 Å². The number of carbonyl (C=O) groups excluding carboxylic acids is 3. The first-order valence-electron chi connectivity index (χ1n) is 10.8. The summed E-state index contributed by atoms with van der Waals surface area (Å²) in [6.07, 6.45) is 3.29. The number of likely N-dealkylation sites (tertiary alicyclic amines) is 1. The van der Waals surface area contributed by atoms with E-state index in [9.17, 15) is 14.4 Å². The van der Waals surface area contributed by atoms with E-state index in [0.29, 0.717) is 25.7 Å². The number of alkyl carbamates (subject to hydrolysis) is 1. The number of carbonyl (C=O) groups is 3. The van der Waals surface area contributed by atoms with Gasteiger partial charge in [0.15, 0.2) is 6.61 Å². The van der Waals surface area contributed by atoms with Gasteiger partial charge in [-0.1, -0.05) is 30.3 Å². The maximum absolute atomic E-state index is 12.3. The second-order valence-electron chi connectivity index (χ2n) is 8.33. The van der Waals surface area contributed by atoms with Crippen molar-refractivity contribution in [3.63, 3.8) is 0 Å². The Morgan fingerprint density at radius 1 is 1.03 bits per heavy atom. The van der Waals surface area contributed by atoms with Gasteiger partial charge in [0, 0.05) is 31.7 Å². The number of hydrogen-bond acceptors (Lipinski definition) is 6. The standard InChI is InChI=1S/C22H29N3O5/c26-20-15-29-22(28)25(20)18-6-8-19(9-7-18)30-21(27)23-17-10-12-24(13-11-17)14-16-4-2-1-3-5-16/h1-5,17-19H,6-15H2,(H,23,27). The lowest BCUT2D eigenvalue weighted by atomic mass is 9.92. The Labute approximate surface area is 176 Å². The number of cyclic esters (lactones) is 1. The van der Waals surface area contributed by atoms with Crippen molar-refractivity contribution in [2.24, 2.45) is 0 Å². The number of benzene rings is 1. The highest BCUT2D eigenvalue weighted by atomic mass is 16.6. The van der Waals surface area contributed by atoms with E-state index >= 15 is 0 Å².